The minimum absolute atomic E-state index is 0.116. The number of carbonyl (C=O) groups excluding carboxylic acids is 1. The monoisotopic (exact) mass is 259 g/mol. The van der Waals surface area contributed by atoms with Crippen LogP contribution in [0.4, 0.5) is 5.69 Å². The van der Waals surface area contributed by atoms with Crippen LogP contribution in [0.1, 0.15) is 6.92 Å². The predicted molar refractivity (Wildman–Crippen MR) is 75.6 cm³/mol. The van der Waals surface area contributed by atoms with Crippen LogP contribution >= 0.6 is 0 Å². The van der Waals surface area contributed by atoms with Crippen molar-refractivity contribution in [2.75, 3.05) is 25.6 Å². The molecule has 0 aliphatic carbocycles. The number of hydrogen-bond donors (Lipinski definition) is 1. The molecule has 100 valence electrons. The van der Waals surface area contributed by atoms with Crippen LogP contribution in [0, 0.1) is 0 Å². The van der Waals surface area contributed by atoms with Crippen molar-refractivity contribution < 1.29 is 14.3 Å². The summed E-state index contributed by atoms with van der Waals surface area (Å²) in [5.74, 6) is 0.431. The Balaban J connectivity index is 2.40. The molecule has 2 rings (SSSR count). The molecule has 0 radical (unpaired) electrons. The summed E-state index contributed by atoms with van der Waals surface area (Å²) in [5, 5.41) is 5.21. The van der Waals surface area contributed by atoms with Crippen LogP contribution in [-0.4, -0.2) is 26.2 Å². The molecule has 0 unspecified atom stereocenters. The first kappa shape index (κ1) is 13.2. The molecule has 0 saturated heterocycles. The lowest BCUT2D eigenvalue weighted by molar-refractivity contribution is -0.138. The third kappa shape index (κ3) is 2.96. The van der Waals surface area contributed by atoms with Gasteiger partial charge in [0.15, 0.2) is 0 Å². The van der Waals surface area contributed by atoms with E-state index in [4.69, 9.17) is 4.74 Å². The van der Waals surface area contributed by atoms with Crippen molar-refractivity contribution in [1.82, 2.24) is 0 Å². The van der Waals surface area contributed by atoms with Crippen LogP contribution in [0.25, 0.3) is 10.8 Å². The van der Waals surface area contributed by atoms with Gasteiger partial charge in [0.1, 0.15) is 12.3 Å². The van der Waals surface area contributed by atoms with Gasteiger partial charge in [0.05, 0.1) is 19.4 Å². The molecule has 0 amide bonds. The number of fused-ring (bicyclic) bond motifs is 1. The van der Waals surface area contributed by atoms with Gasteiger partial charge >= 0.3 is 5.97 Å². The molecular weight excluding hydrogens is 242 g/mol. The Morgan fingerprint density at radius 1 is 1.21 bits per heavy atom. The van der Waals surface area contributed by atoms with Gasteiger partial charge in [-0.15, -0.1) is 0 Å². The fourth-order valence-electron chi connectivity index (χ4n) is 1.94. The number of esters is 1. The van der Waals surface area contributed by atoms with E-state index in [0.717, 1.165) is 22.2 Å². The van der Waals surface area contributed by atoms with E-state index in [1.807, 2.05) is 43.3 Å². The average Bonchev–Trinajstić information content (AvgIpc) is 2.45. The number of hydrogen-bond acceptors (Lipinski definition) is 4. The Hall–Kier alpha value is -2.23. The number of benzene rings is 2. The van der Waals surface area contributed by atoms with E-state index >= 15 is 0 Å². The Morgan fingerprint density at radius 2 is 2.00 bits per heavy atom. The van der Waals surface area contributed by atoms with Gasteiger partial charge in [-0.3, -0.25) is 4.79 Å². The minimum Gasteiger partial charge on any atom is -0.492 e. The summed E-state index contributed by atoms with van der Waals surface area (Å²) < 4.78 is 10.2. The van der Waals surface area contributed by atoms with Crippen LogP contribution in [-0.2, 0) is 9.53 Å². The lowest BCUT2D eigenvalue weighted by atomic mass is 10.1. The molecule has 0 fully saturated rings. The maximum atomic E-state index is 11.3. The zero-order chi connectivity index (χ0) is 13.7. The second kappa shape index (κ2) is 6.09. The second-order valence-electron chi connectivity index (χ2n) is 4.02. The van der Waals surface area contributed by atoms with Crippen molar-refractivity contribution in [2.45, 2.75) is 6.92 Å². The number of nitrogens with one attached hydrogen (secondary N) is 1. The number of ether oxygens (including phenoxy) is 2. The number of anilines is 1. The summed E-state index contributed by atoms with van der Waals surface area (Å²) in [5.41, 5.74) is 0.824. The Bertz CT molecular complexity index is 581. The zero-order valence-electron chi connectivity index (χ0n) is 11.1. The van der Waals surface area contributed by atoms with E-state index in [1.165, 1.54) is 7.11 Å². The fraction of sp³-hybridized carbons (Fsp3) is 0.267. The molecule has 0 spiro atoms. The predicted octanol–water partition coefficient (Wildman–Crippen LogP) is 2.82. The third-order valence-corrected chi connectivity index (χ3v) is 2.83. The molecule has 2 aromatic rings. The SMILES string of the molecule is CCOc1ccc2ccccc2c1NCC(=O)OC. The van der Waals surface area contributed by atoms with E-state index in [-0.39, 0.29) is 12.5 Å². The lowest BCUT2D eigenvalue weighted by Crippen LogP contribution is -2.15. The number of methoxy groups -OCH3 is 1. The van der Waals surface area contributed by atoms with Gasteiger partial charge in [-0.2, -0.15) is 0 Å². The maximum Gasteiger partial charge on any atom is 0.325 e. The molecule has 0 aromatic heterocycles. The number of carbonyl (C=O) groups is 1. The summed E-state index contributed by atoms with van der Waals surface area (Å²) in [7, 11) is 1.37. The first-order valence-electron chi connectivity index (χ1n) is 6.21. The molecule has 2 aromatic carbocycles. The van der Waals surface area contributed by atoms with E-state index in [1.54, 1.807) is 0 Å². The topological polar surface area (TPSA) is 47.6 Å². The highest BCUT2D eigenvalue weighted by Crippen LogP contribution is 2.33. The molecule has 0 saturated carbocycles. The molecule has 1 N–H and O–H groups in total. The summed E-state index contributed by atoms with van der Waals surface area (Å²) in [6, 6.07) is 11.9. The van der Waals surface area contributed by atoms with Crippen LogP contribution in [0.3, 0.4) is 0 Å². The normalized spacial score (nSPS) is 10.2. The van der Waals surface area contributed by atoms with Crippen molar-refractivity contribution >= 4 is 22.4 Å². The van der Waals surface area contributed by atoms with Crippen molar-refractivity contribution in [3.8, 4) is 5.75 Å². The lowest BCUT2D eigenvalue weighted by Gasteiger charge is -2.14. The molecule has 0 aliphatic heterocycles. The van der Waals surface area contributed by atoms with Gasteiger partial charge in [-0.25, -0.2) is 0 Å². The third-order valence-electron chi connectivity index (χ3n) is 2.83. The van der Waals surface area contributed by atoms with Crippen LogP contribution in [0.5, 0.6) is 5.75 Å². The van der Waals surface area contributed by atoms with E-state index in [2.05, 4.69) is 10.1 Å². The summed E-state index contributed by atoms with van der Waals surface area (Å²) >= 11 is 0. The van der Waals surface area contributed by atoms with E-state index < -0.39 is 0 Å². The molecule has 0 heterocycles. The summed E-state index contributed by atoms with van der Waals surface area (Å²) in [4.78, 5) is 11.3. The summed E-state index contributed by atoms with van der Waals surface area (Å²) in [6.07, 6.45) is 0. The van der Waals surface area contributed by atoms with Gasteiger partial charge in [0.2, 0.25) is 0 Å². The van der Waals surface area contributed by atoms with Crippen molar-refractivity contribution in [3.63, 3.8) is 0 Å². The molecule has 0 bridgehead atoms. The highest BCUT2D eigenvalue weighted by atomic mass is 16.5. The first-order valence-corrected chi connectivity index (χ1v) is 6.21. The molecule has 0 atom stereocenters. The highest BCUT2D eigenvalue weighted by molar-refractivity contribution is 5.97. The van der Waals surface area contributed by atoms with Crippen LogP contribution in [0.2, 0.25) is 0 Å². The molecule has 0 aliphatic rings. The smallest absolute Gasteiger partial charge is 0.325 e. The Kier molecular flexibility index (Phi) is 4.23. The van der Waals surface area contributed by atoms with Crippen LogP contribution in [0.15, 0.2) is 36.4 Å². The molecular formula is C15H17NO3. The van der Waals surface area contributed by atoms with Crippen molar-refractivity contribution in [1.29, 1.82) is 0 Å². The Labute approximate surface area is 112 Å². The van der Waals surface area contributed by atoms with Gasteiger partial charge < -0.3 is 14.8 Å². The van der Waals surface area contributed by atoms with Crippen LogP contribution < -0.4 is 10.1 Å². The second-order valence-corrected chi connectivity index (χ2v) is 4.02. The molecule has 4 nitrogen and oxygen atoms in total. The van der Waals surface area contributed by atoms with E-state index in [9.17, 15) is 4.79 Å². The fourth-order valence-corrected chi connectivity index (χ4v) is 1.94. The van der Waals surface area contributed by atoms with Crippen molar-refractivity contribution in [2.24, 2.45) is 0 Å². The average molecular weight is 259 g/mol. The van der Waals surface area contributed by atoms with Gasteiger partial charge in [0.25, 0.3) is 0 Å². The van der Waals surface area contributed by atoms with Gasteiger partial charge in [-0.05, 0) is 18.4 Å². The van der Waals surface area contributed by atoms with E-state index in [0.29, 0.717) is 6.61 Å². The van der Waals surface area contributed by atoms with Crippen molar-refractivity contribution in [3.05, 3.63) is 36.4 Å². The Morgan fingerprint density at radius 3 is 2.74 bits per heavy atom. The quantitative estimate of drug-likeness (QED) is 0.839. The summed E-state index contributed by atoms with van der Waals surface area (Å²) in [6.45, 7) is 2.62. The number of rotatable bonds is 5. The first-order chi connectivity index (χ1) is 9.26. The largest absolute Gasteiger partial charge is 0.492 e. The molecule has 19 heavy (non-hydrogen) atoms. The molecule has 4 heteroatoms. The highest BCUT2D eigenvalue weighted by Gasteiger charge is 2.10. The minimum atomic E-state index is -0.310. The van der Waals surface area contributed by atoms with Gasteiger partial charge in [0, 0.05) is 5.39 Å². The van der Waals surface area contributed by atoms with Gasteiger partial charge in [-0.1, -0.05) is 30.3 Å². The standard InChI is InChI=1S/C15H17NO3/c1-3-19-13-9-8-11-6-4-5-7-12(11)15(13)16-10-14(17)18-2/h4-9,16H,3,10H2,1-2H3. The maximum absolute atomic E-state index is 11.3. The zero-order valence-corrected chi connectivity index (χ0v) is 11.1.